The first-order valence-corrected chi connectivity index (χ1v) is 7.18. The van der Waals surface area contributed by atoms with E-state index in [9.17, 15) is 4.79 Å². The van der Waals surface area contributed by atoms with Gasteiger partial charge in [-0.1, -0.05) is 60.1 Å². The zero-order chi connectivity index (χ0) is 15.4. The Hall–Kier alpha value is -2.65. The van der Waals surface area contributed by atoms with E-state index in [0.29, 0.717) is 10.6 Å². The molecule has 108 valence electrons. The molecular weight excluding hydrogens is 296 g/mol. The molecule has 22 heavy (non-hydrogen) atoms. The van der Waals surface area contributed by atoms with Crippen LogP contribution in [0.4, 0.5) is 0 Å². The summed E-state index contributed by atoms with van der Waals surface area (Å²) in [4.78, 5) is 12.1. The molecule has 3 nitrogen and oxygen atoms in total. The van der Waals surface area contributed by atoms with Crippen molar-refractivity contribution in [3.05, 3.63) is 82.9 Å². The van der Waals surface area contributed by atoms with Gasteiger partial charge in [0, 0.05) is 16.1 Å². The van der Waals surface area contributed by atoms with Gasteiger partial charge in [-0.05, 0) is 29.0 Å². The molecule has 0 aliphatic heterocycles. The smallest absolute Gasteiger partial charge is 0.267 e. The fraction of sp³-hybridized carbons (Fsp3) is 0. The second-order valence-electron chi connectivity index (χ2n) is 4.78. The third kappa shape index (κ3) is 3.15. The van der Waals surface area contributed by atoms with E-state index < -0.39 is 0 Å². The maximum absolute atomic E-state index is 12.1. The van der Waals surface area contributed by atoms with E-state index in [1.54, 1.807) is 12.1 Å². The van der Waals surface area contributed by atoms with Gasteiger partial charge in [-0.15, -0.1) is 0 Å². The van der Waals surface area contributed by atoms with Crippen molar-refractivity contribution in [2.75, 3.05) is 0 Å². The van der Waals surface area contributed by atoms with Crippen molar-refractivity contribution in [1.82, 2.24) is 5.43 Å². The van der Waals surface area contributed by atoms with E-state index in [1.807, 2.05) is 54.6 Å². The summed E-state index contributed by atoms with van der Waals surface area (Å²) in [6.07, 6.45) is 1.53. The Labute approximate surface area is 133 Å². The number of fused-ring (bicyclic) bond motifs is 1. The maximum Gasteiger partial charge on any atom is 0.271 e. The van der Waals surface area contributed by atoms with Crippen LogP contribution < -0.4 is 5.43 Å². The SMILES string of the molecule is O=C(N/N=C/c1ccccc1Cl)c1ccc2ccccc2c1. The second-order valence-corrected chi connectivity index (χ2v) is 5.19. The van der Waals surface area contributed by atoms with Crippen molar-refractivity contribution >= 4 is 34.5 Å². The van der Waals surface area contributed by atoms with E-state index in [4.69, 9.17) is 11.6 Å². The van der Waals surface area contributed by atoms with E-state index in [-0.39, 0.29) is 5.91 Å². The molecule has 3 aromatic carbocycles. The molecule has 0 atom stereocenters. The summed E-state index contributed by atoms with van der Waals surface area (Å²) in [5.74, 6) is -0.256. The number of carbonyl (C=O) groups excluding carboxylic acids is 1. The minimum absolute atomic E-state index is 0.256. The summed E-state index contributed by atoms with van der Waals surface area (Å²) in [5.41, 5.74) is 3.83. The molecule has 0 aromatic heterocycles. The standard InChI is InChI=1S/C18H13ClN2O/c19-17-8-4-3-7-16(17)12-20-21-18(22)15-10-9-13-5-1-2-6-14(13)11-15/h1-12H,(H,21,22)/b20-12+. The van der Waals surface area contributed by atoms with Crippen LogP contribution in [0.25, 0.3) is 10.8 Å². The fourth-order valence-corrected chi connectivity index (χ4v) is 2.32. The third-order valence-electron chi connectivity index (χ3n) is 3.29. The van der Waals surface area contributed by atoms with E-state index >= 15 is 0 Å². The molecule has 1 N–H and O–H groups in total. The predicted octanol–water partition coefficient (Wildman–Crippen LogP) is 4.26. The molecule has 0 bridgehead atoms. The van der Waals surface area contributed by atoms with Crippen molar-refractivity contribution in [1.29, 1.82) is 0 Å². The van der Waals surface area contributed by atoms with Crippen LogP contribution in [0, 0.1) is 0 Å². The van der Waals surface area contributed by atoms with Crippen molar-refractivity contribution < 1.29 is 4.79 Å². The zero-order valence-electron chi connectivity index (χ0n) is 11.7. The Kier molecular flexibility index (Phi) is 4.17. The highest BCUT2D eigenvalue weighted by Crippen LogP contribution is 2.15. The topological polar surface area (TPSA) is 41.5 Å². The summed E-state index contributed by atoms with van der Waals surface area (Å²) in [6, 6.07) is 20.7. The molecule has 0 radical (unpaired) electrons. The molecule has 0 saturated heterocycles. The summed E-state index contributed by atoms with van der Waals surface area (Å²) < 4.78 is 0. The number of amides is 1. The second kappa shape index (κ2) is 6.41. The quantitative estimate of drug-likeness (QED) is 0.570. The Morgan fingerprint density at radius 2 is 1.68 bits per heavy atom. The van der Waals surface area contributed by atoms with Crippen LogP contribution in [0.15, 0.2) is 71.8 Å². The van der Waals surface area contributed by atoms with Gasteiger partial charge in [0.1, 0.15) is 0 Å². The number of hydrogen-bond acceptors (Lipinski definition) is 2. The number of hydrogen-bond donors (Lipinski definition) is 1. The highest BCUT2D eigenvalue weighted by Gasteiger charge is 2.05. The zero-order valence-corrected chi connectivity index (χ0v) is 12.4. The fourth-order valence-electron chi connectivity index (χ4n) is 2.14. The normalized spacial score (nSPS) is 11.0. The number of hydrazone groups is 1. The van der Waals surface area contributed by atoms with Crippen molar-refractivity contribution in [2.24, 2.45) is 5.10 Å². The Bertz CT molecular complexity index is 858. The minimum Gasteiger partial charge on any atom is -0.267 e. The Balaban J connectivity index is 1.74. The molecule has 1 amide bonds. The monoisotopic (exact) mass is 308 g/mol. The summed E-state index contributed by atoms with van der Waals surface area (Å²) in [5, 5.41) is 6.65. The molecule has 0 spiro atoms. The lowest BCUT2D eigenvalue weighted by molar-refractivity contribution is 0.0955. The van der Waals surface area contributed by atoms with Gasteiger partial charge < -0.3 is 0 Å². The molecule has 0 fully saturated rings. The van der Waals surface area contributed by atoms with Crippen LogP contribution >= 0.6 is 11.6 Å². The maximum atomic E-state index is 12.1. The van der Waals surface area contributed by atoms with Crippen molar-refractivity contribution in [3.63, 3.8) is 0 Å². The van der Waals surface area contributed by atoms with Crippen LogP contribution in [0.2, 0.25) is 5.02 Å². The number of benzene rings is 3. The van der Waals surface area contributed by atoms with E-state index in [1.165, 1.54) is 6.21 Å². The van der Waals surface area contributed by atoms with Crippen LogP contribution in [0.3, 0.4) is 0 Å². The first-order chi connectivity index (χ1) is 10.7. The van der Waals surface area contributed by atoms with Gasteiger partial charge in [0.05, 0.1) is 6.21 Å². The third-order valence-corrected chi connectivity index (χ3v) is 3.63. The molecular formula is C18H13ClN2O. The molecule has 0 unspecified atom stereocenters. The number of carbonyl (C=O) groups is 1. The highest BCUT2D eigenvalue weighted by molar-refractivity contribution is 6.33. The van der Waals surface area contributed by atoms with Crippen LogP contribution in [0.5, 0.6) is 0 Å². The number of nitrogens with zero attached hydrogens (tertiary/aromatic N) is 1. The summed E-state index contributed by atoms with van der Waals surface area (Å²) >= 11 is 6.02. The minimum atomic E-state index is -0.256. The highest BCUT2D eigenvalue weighted by atomic mass is 35.5. The summed E-state index contributed by atoms with van der Waals surface area (Å²) in [6.45, 7) is 0. The van der Waals surface area contributed by atoms with Gasteiger partial charge in [0.2, 0.25) is 0 Å². The molecule has 3 rings (SSSR count). The van der Waals surface area contributed by atoms with Gasteiger partial charge in [-0.2, -0.15) is 5.10 Å². The first-order valence-electron chi connectivity index (χ1n) is 6.81. The Morgan fingerprint density at radius 3 is 2.50 bits per heavy atom. The molecule has 0 aliphatic carbocycles. The van der Waals surface area contributed by atoms with Crippen molar-refractivity contribution in [3.8, 4) is 0 Å². The van der Waals surface area contributed by atoms with E-state index in [2.05, 4.69) is 10.5 Å². The lowest BCUT2D eigenvalue weighted by Gasteiger charge is -2.02. The average Bonchev–Trinajstić information content (AvgIpc) is 2.56. The molecule has 0 heterocycles. The lowest BCUT2D eigenvalue weighted by atomic mass is 10.1. The predicted molar refractivity (Wildman–Crippen MR) is 90.5 cm³/mol. The average molecular weight is 309 g/mol. The van der Waals surface area contributed by atoms with Crippen LogP contribution in [-0.2, 0) is 0 Å². The van der Waals surface area contributed by atoms with Gasteiger partial charge in [-0.3, -0.25) is 4.79 Å². The van der Waals surface area contributed by atoms with Crippen molar-refractivity contribution in [2.45, 2.75) is 0 Å². The number of nitrogens with one attached hydrogen (secondary N) is 1. The molecule has 0 saturated carbocycles. The number of halogens is 1. The largest absolute Gasteiger partial charge is 0.271 e. The van der Waals surface area contributed by atoms with Crippen LogP contribution in [-0.4, -0.2) is 12.1 Å². The van der Waals surface area contributed by atoms with Gasteiger partial charge >= 0.3 is 0 Å². The molecule has 3 aromatic rings. The first kappa shape index (κ1) is 14.3. The van der Waals surface area contributed by atoms with Gasteiger partial charge in [0.15, 0.2) is 0 Å². The summed E-state index contributed by atoms with van der Waals surface area (Å²) in [7, 11) is 0. The molecule has 4 heteroatoms. The number of rotatable bonds is 3. The Morgan fingerprint density at radius 1 is 0.955 bits per heavy atom. The lowest BCUT2D eigenvalue weighted by Crippen LogP contribution is -2.17. The molecule has 0 aliphatic rings. The van der Waals surface area contributed by atoms with Crippen LogP contribution in [0.1, 0.15) is 15.9 Å². The van der Waals surface area contributed by atoms with E-state index in [0.717, 1.165) is 16.3 Å². The van der Waals surface area contributed by atoms with Gasteiger partial charge in [-0.25, -0.2) is 5.43 Å². The van der Waals surface area contributed by atoms with Gasteiger partial charge in [0.25, 0.3) is 5.91 Å².